The van der Waals surface area contributed by atoms with Gasteiger partial charge >= 0.3 is 0 Å². The van der Waals surface area contributed by atoms with E-state index in [1.165, 1.54) is 0 Å². The number of nitrogens with zero attached hydrogens (tertiary/aromatic N) is 2. The van der Waals surface area contributed by atoms with Crippen molar-refractivity contribution in [2.45, 2.75) is 0 Å². The molecule has 0 aliphatic carbocycles. The Morgan fingerprint density at radius 1 is 0.947 bits per heavy atom. The maximum atomic E-state index is 5.10. The van der Waals surface area contributed by atoms with Crippen LogP contribution in [0.25, 0.3) is 10.9 Å². The number of aromatic nitrogens is 1. The van der Waals surface area contributed by atoms with E-state index in [0.717, 1.165) is 28.0 Å². The molecule has 0 amide bonds. The lowest BCUT2D eigenvalue weighted by atomic mass is 10.2. The van der Waals surface area contributed by atoms with Crippen molar-refractivity contribution in [3.8, 4) is 5.75 Å². The van der Waals surface area contributed by atoms with Crippen LogP contribution < -0.4 is 4.74 Å². The van der Waals surface area contributed by atoms with Crippen molar-refractivity contribution in [2.24, 2.45) is 10.2 Å². The molecule has 1 N–H and O–H groups in total. The molecule has 1 aromatic heterocycles. The van der Waals surface area contributed by atoms with Crippen molar-refractivity contribution in [3.05, 3.63) is 54.7 Å². The number of methoxy groups -OCH3 is 1. The molecular weight excluding hydrogens is 238 g/mol. The lowest BCUT2D eigenvalue weighted by Gasteiger charge is -1.97. The Labute approximate surface area is 110 Å². The summed E-state index contributed by atoms with van der Waals surface area (Å²) >= 11 is 0. The number of benzene rings is 2. The first-order valence-corrected chi connectivity index (χ1v) is 5.99. The molecule has 0 saturated carbocycles. The van der Waals surface area contributed by atoms with Crippen LogP contribution in [0.1, 0.15) is 0 Å². The van der Waals surface area contributed by atoms with E-state index >= 15 is 0 Å². The number of H-pyrrole nitrogens is 1. The minimum Gasteiger partial charge on any atom is -0.497 e. The maximum Gasteiger partial charge on any atom is 0.119 e. The number of hydrogen-bond donors (Lipinski definition) is 1. The Bertz CT molecular complexity index is 714. The lowest BCUT2D eigenvalue weighted by molar-refractivity contribution is 0.415. The van der Waals surface area contributed by atoms with Crippen LogP contribution in [0.3, 0.4) is 0 Å². The topological polar surface area (TPSA) is 49.7 Å². The molecule has 2 aromatic carbocycles. The van der Waals surface area contributed by atoms with Crippen molar-refractivity contribution < 1.29 is 4.74 Å². The number of fused-ring (bicyclic) bond motifs is 1. The molecule has 4 nitrogen and oxygen atoms in total. The summed E-state index contributed by atoms with van der Waals surface area (Å²) in [5.41, 5.74) is 2.70. The van der Waals surface area contributed by atoms with Crippen molar-refractivity contribution in [3.63, 3.8) is 0 Å². The average molecular weight is 251 g/mol. The fraction of sp³-hybridized carbons (Fsp3) is 0.0667. The molecule has 1 heterocycles. The number of rotatable bonds is 3. The molecule has 0 atom stereocenters. The first kappa shape index (κ1) is 11.5. The molecule has 0 saturated heterocycles. The maximum absolute atomic E-state index is 5.10. The Balaban J connectivity index is 1.89. The molecular formula is C15H13N3O. The van der Waals surface area contributed by atoms with E-state index in [0.29, 0.717) is 0 Å². The molecule has 0 aliphatic rings. The van der Waals surface area contributed by atoms with Crippen LogP contribution in [-0.4, -0.2) is 12.1 Å². The number of aromatic amines is 1. The van der Waals surface area contributed by atoms with Gasteiger partial charge in [0.15, 0.2) is 0 Å². The van der Waals surface area contributed by atoms with E-state index in [-0.39, 0.29) is 0 Å². The lowest BCUT2D eigenvalue weighted by Crippen LogP contribution is -1.79. The minimum atomic E-state index is 0.797. The minimum absolute atomic E-state index is 0.797. The normalized spacial score (nSPS) is 11.2. The number of nitrogens with one attached hydrogen (secondary N) is 1. The van der Waals surface area contributed by atoms with Gasteiger partial charge in [0.05, 0.1) is 12.8 Å². The molecule has 0 spiro atoms. The largest absolute Gasteiger partial charge is 0.497 e. The van der Waals surface area contributed by atoms with Crippen LogP contribution in [0.15, 0.2) is 65.0 Å². The van der Waals surface area contributed by atoms with Gasteiger partial charge in [-0.2, -0.15) is 5.11 Å². The zero-order valence-corrected chi connectivity index (χ0v) is 10.5. The van der Waals surface area contributed by atoms with E-state index in [4.69, 9.17) is 4.74 Å². The highest BCUT2D eigenvalue weighted by Gasteiger charge is 2.00. The van der Waals surface area contributed by atoms with E-state index in [1.54, 1.807) is 7.11 Å². The van der Waals surface area contributed by atoms with Crippen LogP contribution in [-0.2, 0) is 0 Å². The Morgan fingerprint density at radius 2 is 1.74 bits per heavy atom. The highest BCUT2D eigenvalue weighted by molar-refractivity contribution is 5.90. The summed E-state index contributed by atoms with van der Waals surface area (Å²) in [6.07, 6.45) is 1.86. The van der Waals surface area contributed by atoms with Gasteiger partial charge in [0, 0.05) is 17.1 Å². The summed E-state index contributed by atoms with van der Waals surface area (Å²) in [7, 11) is 1.64. The van der Waals surface area contributed by atoms with Crippen LogP contribution in [0.5, 0.6) is 5.75 Å². The second-order valence-corrected chi connectivity index (χ2v) is 4.12. The third-order valence-corrected chi connectivity index (χ3v) is 2.91. The van der Waals surface area contributed by atoms with Crippen LogP contribution in [0.2, 0.25) is 0 Å². The van der Waals surface area contributed by atoms with Gasteiger partial charge in [-0.25, -0.2) is 0 Å². The molecule has 0 fully saturated rings. The van der Waals surface area contributed by atoms with E-state index < -0.39 is 0 Å². The monoisotopic (exact) mass is 251 g/mol. The van der Waals surface area contributed by atoms with E-state index in [9.17, 15) is 0 Å². The van der Waals surface area contributed by atoms with Crippen LogP contribution in [0.4, 0.5) is 11.4 Å². The predicted octanol–water partition coefficient (Wildman–Crippen LogP) is 4.59. The summed E-state index contributed by atoms with van der Waals surface area (Å²) in [6.45, 7) is 0. The quantitative estimate of drug-likeness (QED) is 0.680. The van der Waals surface area contributed by atoms with Crippen molar-refractivity contribution >= 4 is 22.3 Å². The fourth-order valence-corrected chi connectivity index (χ4v) is 1.90. The number of ether oxygens (including phenoxy) is 1. The molecule has 0 radical (unpaired) electrons. The Morgan fingerprint density at radius 3 is 2.53 bits per heavy atom. The summed E-state index contributed by atoms with van der Waals surface area (Å²) in [6, 6.07) is 15.5. The molecule has 0 unspecified atom stereocenters. The fourth-order valence-electron chi connectivity index (χ4n) is 1.90. The van der Waals surface area contributed by atoms with E-state index in [1.807, 2.05) is 54.7 Å². The molecule has 19 heavy (non-hydrogen) atoms. The Kier molecular flexibility index (Phi) is 2.98. The van der Waals surface area contributed by atoms with E-state index in [2.05, 4.69) is 15.2 Å². The standard InChI is InChI=1S/C15H13N3O/c1-19-12-8-6-11(7-9-12)17-18-15-10-16-14-5-3-2-4-13(14)15/h2-10,16H,1H3/b18-17-. The van der Waals surface area contributed by atoms with Gasteiger partial charge in [-0.15, -0.1) is 5.11 Å². The van der Waals surface area contributed by atoms with Gasteiger partial charge in [0.2, 0.25) is 0 Å². The molecule has 3 aromatic rings. The third-order valence-electron chi connectivity index (χ3n) is 2.91. The average Bonchev–Trinajstić information content (AvgIpc) is 2.89. The summed E-state index contributed by atoms with van der Waals surface area (Å²) in [5, 5.41) is 9.57. The highest BCUT2D eigenvalue weighted by atomic mass is 16.5. The second-order valence-electron chi connectivity index (χ2n) is 4.12. The third kappa shape index (κ3) is 2.33. The first-order valence-electron chi connectivity index (χ1n) is 5.99. The van der Waals surface area contributed by atoms with Gasteiger partial charge < -0.3 is 9.72 Å². The molecule has 94 valence electrons. The zero-order chi connectivity index (χ0) is 13.1. The van der Waals surface area contributed by atoms with Gasteiger partial charge in [-0.05, 0) is 30.3 Å². The smallest absolute Gasteiger partial charge is 0.119 e. The van der Waals surface area contributed by atoms with Crippen LogP contribution >= 0.6 is 0 Å². The molecule has 0 bridgehead atoms. The van der Waals surface area contributed by atoms with Crippen molar-refractivity contribution in [1.29, 1.82) is 0 Å². The molecule has 3 rings (SSSR count). The SMILES string of the molecule is COc1ccc(/N=N\c2c[nH]c3ccccc23)cc1. The number of azo groups is 1. The van der Waals surface area contributed by atoms with Crippen molar-refractivity contribution in [1.82, 2.24) is 4.98 Å². The van der Waals surface area contributed by atoms with Gasteiger partial charge in [0.25, 0.3) is 0 Å². The van der Waals surface area contributed by atoms with Gasteiger partial charge in [-0.3, -0.25) is 0 Å². The summed E-state index contributed by atoms with van der Waals surface area (Å²) < 4.78 is 5.10. The molecule has 4 heteroatoms. The predicted molar refractivity (Wildman–Crippen MR) is 75.5 cm³/mol. The number of hydrogen-bond acceptors (Lipinski definition) is 3. The van der Waals surface area contributed by atoms with Crippen molar-refractivity contribution in [2.75, 3.05) is 7.11 Å². The zero-order valence-electron chi connectivity index (χ0n) is 10.5. The van der Waals surface area contributed by atoms with Gasteiger partial charge in [0.1, 0.15) is 11.4 Å². The highest BCUT2D eigenvalue weighted by Crippen LogP contribution is 2.27. The summed E-state index contributed by atoms with van der Waals surface area (Å²) in [4.78, 5) is 3.17. The first-order chi connectivity index (χ1) is 9.36. The Hall–Kier alpha value is -2.62. The number of para-hydroxylation sites is 1. The summed E-state index contributed by atoms with van der Waals surface area (Å²) in [5.74, 6) is 0.811. The van der Waals surface area contributed by atoms with Gasteiger partial charge in [-0.1, -0.05) is 18.2 Å². The second kappa shape index (κ2) is 4.94. The van der Waals surface area contributed by atoms with Crippen LogP contribution in [0, 0.1) is 0 Å². The molecule has 0 aliphatic heterocycles.